The number of ether oxygens (including phenoxy) is 4. The van der Waals surface area contributed by atoms with E-state index in [1.54, 1.807) is 0 Å². The van der Waals surface area contributed by atoms with Crippen LogP contribution in [0.15, 0.2) is 0 Å². The lowest BCUT2D eigenvalue weighted by Gasteiger charge is -2.22. The highest BCUT2D eigenvalue weighted by Crippen LogP contribution is 2.10. The van der Waals surface area contributed by atoms with E-state index in [1.807, 2.05) is 0 Å². The van der Waals surface area contributed by atoms with Crippen LogP contribution >= 0.6 is 0 Å². The molecule has 6 heteroatoms. The SMILES string of the molecule is CCCCCCCCCCCCN(CCOCCOCCC)CCOCCOCCO. The molecule has 0 aliphatic carbocycles. The Morgan fingerprint density at radius 2 is 0.903 bits per heavy atom. The molecule has 0 spiro atoms. The zero-order valence-corrected chi connectivity index (χ0v) is 20.8. The Hall–Kier alpha value is -0.240. The molecular formula is C25H53NO5. The van der Waals surface area contributed by atoms with Crippen molar-refractivity contribution in [2.75, 3.05) is 79.1 Å². The van der Waals surface area contributed by atoms with Gasteiger partial charge in [-0.05, 0) is 19.4 Å². The maximum Gasteiger partial charge on any atom is 0.0701 e. The van der Waals surface area contributed by atoms with E-state index in [-0.39, 0.29) is 6.61 Å². The van der Waals surface area contributed by atoms with Crippen LogP contribution in [0.3, 0.4) is 0 Å². The highest BCUT2D eigenvalue weighted by Gasteiger charge is 2.05. The molecule has 0 unspecified atom stereocenters. The number of nitrogens with zero attached hydrogens (tertiary/aromatic N) is 1. The highest BCUT2D eigenvalue weighted by atomic mass is 16.5. The van der Waals surface area contributed by atoms with Gasteiger partial charge in [-0.1, -0.05) is 71.6 Å². The van der Waals surface area contributed by atoms with Crippen molar-refractivity contribution in [1.82, 2.24) is 4.90 Å². The summed E-state index contributed by atoms with van der Waals surface area (Å²) >= 11 is 0. The van der Waals surface area contributed by atoms with Crippen LogP contribution in [-0.4, -0.2) is 89.1 Å². The van der Waals surface area contributed by atoms with Crippen molar-refractivity contribution in [3.8, 4) is 0 Å². The molecule has 0 aliphatic rings. The minimum absolute atomic E-state index is 0.0656. The molecule has 188 valence electrons. The van der Waals surface area contributed by atoms with Crippen LogP contribution in [0.5, 0.6) is 0 Å². The van der Waals surface area contributed by atoms with E-state index in [4.69, 9.17) is 24.1 Å². The van der Waals surface area contributed by atoms with E-state index in [9.17, 15) is 0 Å². The topological polar surface area (TPSA) is 60.4 Å². The molecule has 0 aromatic rings. The van der Waals surface area contributed by atoms with Gasteiger partial charge in [-0.2, -0.15) is 0 Å². The fourth-order valence-electron chi connectivity index (χ4n) is 3.40. The van der Waals surface area contributed by atoms with E-state index in [0.717, 1.165) is 39.3 Å². The summed E-state index contributed by atoms with van der Waals surface area (Å²) in [5.74, 6) is 0. The fourth-order valence-corrected chi connectivity index (χ4v) is 3.40. The molecule has 0 rings (SSSR count). The first kappa shape index (κ1) is 30.8. The second-order valence-electron chi connectivity index (χ2n) is 8.20. The van der Waals surface area contributed by atoms with Crippen molar-refractivity contribution >= 4 is 0 Å². The first-order chi connectivity index (χ1) is 15.3. The number of aliphatic hydroxyl groups excluding tert-OH is 1. The molecule has 0 saturated carbocycles. The molecule has 31 heavy (non-hydrogen) atoms. The number of aliphatic hydroxyl groups is 1. The van der Waals surface area contributed by atoms with Gasteiger partial charge in [-0.25, -0.2) is 0 Å². The third-order valence-corrected chi connectivity index (χ3v) is 5.26. The van der Waals surface area contributed by atoms with Crippen LogP contribution in [0.2, 0.25) is 0 Å². The van der Waals surface area contributed by atoms with Gasteiger partial charge in [0.05, 0.1) is 52.9 Å². The van der Waals surface area contributed by atoms with E-state index >= 15 is 0 Å². The molecule has 0 bridgehead atoms. The number of rotatable bonds is 27. The Balaban J connectivity index is 3.79. The minimum atomic E-state index is 0.0656. The summed E-state index contributed by atoms with van der Waals surface area (Å²) in [4.78, 5) is 2.45. The molecule has 1 N–H and O–H groups in total. The largest absolute Gasteiger partial charge is 0.394 e. The summed E-state index contributed by atoms with van der Waals surface area (Å²) in [6.07, 6.45) is 14.7. The van der Waals surface area contributed by atoms with Crippen LogP contribution in [0.4, 0.5) is 0 Å². The van der Waals surface area contributed by atoms with Crippen molar-refractivity contribution in [3.05, 3.63) is 0 Å². The van der Waals surface area contributed by atoms with Crippen LogP contribution < -0.4 is 0 Å². The molecule has 0 aromatic carbocycles. The highest BCUT2D eigenvalue weighted by molar-refractivity contribution is 4.59. The maximum absolute atomic E-state index is 8.71. The summed E-state index contributed by atoms with van der Waals surface area (Å²) in [5.41, 5.74) is 0. The molecule has 0 aliphatic heterocycles. The van der Waals surface area contributed by atoms with Gasteiger partial charge in [0.2, 0.25) is 0 Å². The first-order valence-electron chi connectivity index (χ1n) is 13.0. The number of hydrogen-bond donors (Lipinski definition) is 1. The van der Waals surface area contributed by atoms with Gasteiger partial charge in [-0.15, -0.1) is 0 Å². The zero-order valence-electron chi connectivity index (χ0n) is 20.8. The molecule has 0 heterocycles. The fraction of sp³-hybridized carbons (Fsp3) is 1.00. The summed E-state index contributed by atoms with van der Waals surface area (Å²) in [7, 11) is 0. The second kappa shape index (κ2) is 27.8. The minimum Gasteiger partial charge on any atom is -0.394 e. The van der Waals surface area contributed by atoms with E-state index in [0.29, 0.717) is 39.6 Å². The average Bonchev–Trinajstić information content (AvgIpc) is 2.78. The molecule has 0 saturated heterocycles. The van der Waals surface area contributed by atoms with Crippen molar-refractivity contribution in [2.24, 2.45) is 0 Å². The van der Waals surface area contributed by atoms with E-state index < -0.39 is 0 Å². The lowest BCUT2D eigenvalue weighted by molar-refractivity contribution is 0.0179. The van der Waals surface area contributed by atoms with Gasteiger partial charge in [0.25, 0.3) is 0 Å². The molecule has 0 radical (unpaired) electrons. The van der Waals surface area contributed by atoms with Gasteiger partial charge in [0.15, 0.2) is 0 Å². The lowest BCUT2D eigenvalue weighted by atomic mass is 10.1. The van der Waals surface area contributed by atoms with Gasteiger partial charge in [-0.3, -0.25) is 4.90 Å². The molecule has 6 nitrogen and oxygen atoms in total. The monoisotopic (exact) mass is 447 g/mol. The number of unbranched alkanes of at least 4 members (excludes halogenated alkanes) is 9. The molecule has 0 amide bonds. The Labute approximate surface area is 193 Å². The van der Waals surface area contributed by atoms with Gasteiger partial charge >= 0.3 is 0 Å². The Kier molecular flexibility index (Phi) is 27.6. The standard InChI is InChI=1S/C25H53NO5/c1-3-5-6-7-8-9-10-11-12-13-14-26(15-19-29-23-22-28-18-4-2)16-20-30-24-25-31-21-17-27/h27H,3-25H2,1-2H3. The zero-order chi connectivity index (χ0) is 22.7. The van der Waals surface area contributed by atoms with Crippen LogP contribution in [0.25, 0.3) is 0 Å². The van der Waals surface area contributed by atoms with Gasteiger partial charge in [0, 0.05) is 19.7 Å². The average molecular weight is 448 g/mol. The Morgan fingerprint density at radius 3 is 1.39 bits per heavy atom. The summed E-state index contributed by atoms with van der Waals surface area (Å²) in [6, 6.07) is 0. The predicted molar refractivity (Wildman–Crippen MR) is 129 cm³/mol. The van der Waals surface area contributed by atoms with Crippen LogP contribution in [0.1, 0.15) is 84.5 Å². The third-order valence-electron chi connectivity index (χ3n) is 5.26. The summed E-state index contributed by atoms with van der Waals surface area (Å²) < 4.78 is 22.1. The summed E-state index contributed by atoms with van der Waals surface area (Å²) in [5, 5.41) is 8.71. The van der Waals surface area contributed by atoms with E-state index in [1.165, 1.54) is 64.2 Å². The second-order valence-corrected chi connectivity index (χ2v) is 8.20. The quantitative estimate of drug-likeness (QED) is 0.185. The normalized spacial score (nSPS) is 11.6. The molecular weight excluding hydrogens is 394 g/mol. The van der Waals surface area contributed by atoms with Crippen molar-refractivity contribution in [3.63, 3.8) is 0 Å². The third kappa shape index (κ3) is 25.9. The number of hydrogen-bond acceptors (Lipinski definition) is 6. The Bertz CT molecular complexity index is 302. The summed E-state index contributed by atoms with van der Waals surface area (Å²) in [6.45, 7) is 12.6. The predicted octanol–water partition coefficient (Wildman–Crippen LogP) is 4.68. The first-order valence-corrected chi connectivity index (χ1v) is 13.0. The van der Waals surface area contributed by atoms with Crippen molar-refractivity contribution in [1.29, 1.82) is 0 Å². The Morgan fingerprint density at radius 1 is 0.452 bits per heavy atom. The van der Waals surface area contributed by atoms with E-state index in [2.05, 4.69) is 18.7 Å². The van der Waals surface area contributed by atoms with Gasteiger partial charge < -0.3 is 24.1 Å². The van der Waals surface area contributed by atoms with Crippen molar-refractivity contribution < 1.29 is 24.1 Å². The van der Waals surface area contributed by atoms with Crippen molar-refractivity contribution in [2.45, 2.75) is 84.5 Å². The van der Waals surface area contributed by atoms with Gasteiger partial charge in [0.1, 0.15) is 0 Å². The lowest BCUT2D eigenvalue weighted by Crippen LogP contribution is -2.32. The molecule has 0 aromatic heterocycles. The van der Waals surface area contributed by atoms with Crippen LogP contribution in [0, 0.1) is 0 Å². The van der Waals surface area contributed by atoms with Crippen LogP contribution in [-0.2, 0) is 18.9 Å². The maximum atomic E-state index is 8.71. The smallest absolute Gasteiger partial charge is 0.0701 e. The molecule has 0 atom stereocenters. The molecule has 0 fully saturated rings.